The van der Waals surface area contributed by atoms with E-state index in [9.17, 15) is 0 Å². The highest BCUT2D eigenvalue weighted by Crippen LogP contribution is 2.20. The van der Waals surface area contributed by atoms with Gasteiger partial charge in [-0.15, -0.1) is 0 Å². The molecule has 1 fully saturated rings. The summed E-state index contributed by atoms with van der Waals surface area (Å²) in [7, 11) is 0. The minimum Gasteiger partial charge on any atom is -0.387 e. The summed E-state index contributed by atoms with van der Waals surface area (Å²) < 4.78 is 5.52. The molecule has 0 aliphatic carbocycles. The third-order valence-corrected chi connectivity index (χ3v) is 3.82. The zero-order chi connectivity index (χ0) is 13.7. The Morgan fingerprint density at radius 2 is 2.21 bits per heavy atom. The van der Waals surface area contributed by atoms with Crippen LogP contribution in [0.1, 0.15) is 24.8 Å². The lowest BCUT2D eigenvalue weighted by molar-refractivity contribution is -0.00902. The Morgan fingerprint density at radius 3 is 2.84 bits per heavy atom. The normalized spacial score (nSPS) is 22.1. The number of hydrogen-bond acceptors (Lipinski definition) is 3. The lowest BCUT2D eigenvalue weighted by atomic mass is 9.96. The van der Waals surface area contributed by atoms with Crippen LogP contribution in [0.2, 0.25) is 0 Å². The first-order valence-corrected chi connectivity index (χ1v) is 6.93. The summed E-state index contributed by atoms with van der Waals surface area (Å²) >= 11 is 0. The van der Waals surface area contributed by atoms with E-state index in [2.05, 4.69) is 11.8 Å². The molecular formula is C15H23N3O. The van der Waals surface area contributed by atoms with E-state index in [0.29, 0.717) is 6.04 Å². The average Bonchev–Trinajstić information content (AvgIpc) is 2.45. The van der Waals surface area contributed by atoms with Crippen LogP contribution in [-0.2, 0) is 4.74 Å². The van der Waals surface area contributed by atoms with Crippen molar-refractivity contribution in [2.75, 3.05) is 26.3 Å². The van der Waals surface area contributed by atoms with E-state index in [4.69, 9.17) is 15.9 Å². The third-order valence-electron chi connectivity index (χ3n) is 3.82. The van der Waals surface area contributed by atoms with Crippen molar-refractivity contribution in [3.05, 3.63) is 35.9 Å². The predicted octanol–water partition coefficient (Wildman–Crippen LogP) is 1.82. The van der Waals surface area contributed by atoms with E-state index >= 15 is 0 Å². The van der Waals surface area contributed by atoms with Crippen LogP contribution < -0.4 is 5.73 Å². The fourth-order valence-corrected chi connectivity index (χ4v) is 2.61. The number of nitrogens with zero attached hydrogens (tertiary/aromatic N) is 1. The topological polar surface area (TPSA) is 62.3 Å². The SMILES string of the molecule is CCC1COCCN1CC(C(=N)N)c1ccccc1. The Labute approximate surface area is 115 Å². The molecule has 1 aromatic rings. The minimum absolute atomic E-state index is 0.0200. The van der Waals surface area contributed by atoms with Gasteiger partial charge < -0.3 is 10.5 Å². The molecule has 2 rings (SSSR count). The van der Waals surface area contributed by atoms with E-state index < -0.39 is 0 Å². The summed E-state index contributed by atoms with van der Waals surface area (Å²) in [6, 6.07) is 10.5. The summed E-state index contributed by atoms with van der Waals surface area (Å²) in [5, 5.41) is 7.85. The number of rotatable bonds is 5. The lowest BCUT2D eigenvalue weighted by Crippen LogP contribution is -2.48. The summed E-state index contributed by atoms with van der Waals surface area (Å²) in [4.78, 5) is 2.41. The number of morpholine rings is 1. The Kier molecular flexibility index (Phi) is 4.93. The summed E-state index contributed by atoms with van der Waals surface area (Å²) in [6.45, 7) is 5.47. The van der Waals surface area contributed by atoms with Crippen LogP contribution in [-0.4, -0.2) is 43.1 Å². The molecule has 2 unspecified atom stereocenters. The highest BCUT2D eigenvalue weighted by Gasteiger charge is 2.26. The Morgan fingerprint density at radius 1 is 1.47 bits per heavy atom. The number of nitrogens with one attached hydrogen (secondary N) is 1. The molecule has 19 heavy (non-hydrogen) atoms. The number of hydrogen-bond donors (Lipinski definition) is 2. The second-order valence-corrected chi connectivity index (χ2v) is 5.05. The van der Waals surface area contributed by atoms with Gasteiger partial charge in [0.15, 0.2) is 0 Å². The van der Waals surface area contributed by atoms with Crippen LogP contribution in [0, 0.1) is 5.41 Å². The molecule has 0 amide bonds. The van der Waals surface area contributed by atoms with Gasteiger partial charge in [-0.3, -0.25) is 10.3 Å². The molecule has 2 atom stereocenters. The van der Waals surface area contributed by atoms with E-state index in [1.165, 1.54) is 0 Å². The number of nitrogens with two attached hydrogens (primary N) is 1. The average molecular weight is 261 g/mol. The molecule has 1 aromatic carbocycles. The number of ether oxygens (including phenoxy) is 1. The molecule has 1 aliphatic heterocycles. The fraction of sp³-hybridized carbons (Fsp3) is 0.533. The van der Waals surface area contributed by atoms with Gasteiger partial charge in [0.05, 0.1) is 25.0 Å². The summed E-state index contributed by atoms with van der Waals surface area (Å²) in [5.41, 5.74) is 6.92. The van der Waals surface area contributed by atoms with Gasteiger partial charge in [-0.2, -0.15) is 0 Å². The largest absolute Gasteiger partial charge is 0.387 e. The molecule has 4 heteroatoms. The quantitative estimate of drug-likeness (QED) is 0.628. The minimum atomic E-state index is -0.0200. The highest BCUT2D eigenvalue weighted by atomic mass is 16.5. The summed E-state index contributed by atoms with van der Waals surface area (Å²) in [6.07, 6.45) is 1.07. The van der Waals surface area contributed by atoms with Gasteiger partial charge in [-0.05, 0) is 12.0 Å². The Balaban J connectivity index is 2.10. The zero-order valence-corrected chi connectivity index (χ0v) is 11.5. The zero-order valence-electron chi connectivity index (χ0n) is 11.5. The molecule has 104 valence electrons. The van der Waals surface area contributed by atoms with E-state index in [-0.39, 0.29) is 11.8 Å². The molecule has 1 saturated heterocycles. The highest BCUT2D eigenvalue weighted by molar-refractivity contribution is 5.84. The van der Waals surface area contributed by atoms with Crippen molar-refractivity contribution in [2.45, 2.75) is 25.3 Å². The van der Waals surface area contributed by atoms with Crippen molar-refractivity contribution in [1.29, 1.82) is 5.41 Å². The van der Waals surface area contributed by atoms with Gasteiger partial charge in [-0.1, -0.05) is 37.3 Å². The first-order chi connectivity index (χ1) is 9.22. The fourth-order valence-electron chi connectivity index (χ4n) is 2.61. The van der Waals surface area contributed by atoms with Crippen LogP contribution >= 0.6 is 0 Å². The lowest BCUT2D eigenvalue weighted by Gasteiger charge is -2.37. The van der Waals surface area contributed by atoms with Crippen molar-refractivity contribution < 1.29 is 4.74 Å². The van der Waals surface area contributed by atoms with Crippen molar-refractivity contribution >= 4 is 5.84 Å². The first-order valence-electron chi connectivity index (χ1n) is 6.93. The van der Waals surface area contributed by atoms with Gasteiger partial charge in [0.1, 0.15) is 0 Å². The molecule has 1 aliphatic rings. The van der Waals surface area contributed by atoms with E-state index in [1.54, 1.807) is 0 Å². The first kappa shape index (κ1) is 14.0. The van der Waals surface area contributed by atoms with Crippen LogP contribution in [0.3, 0.4) is 0 Å². The van der Waals surface area contributed by atoms with Gasteiger partial charge in [0.25, 0.3) is 0 Å². The molecule has 4 nitrogen and oxygen atoms in total. The molecule has 0 saturated carbocycles. The second-order valence-electron chi connectivity index (χ2n) is 5.05. The standard InChI is InChI=1S/C15H23N3O/c1-2-13-11-19-9-8-18(13)10-14(15(16)17)12-6-4-3-5-7-12/h3-7,13-14H,2,8-11H2,1H3,(H3,16,17). The van der Waals surface area contributed by atoms with Gasteiger partial charge in [0.2, 0.25) is 0 Å². The van der Waals surface area contributed by atoms with E-state index in [1.807, 2.05) is 30.3 Å². The Hall–Kier alpha value is -1.39. The van der Waals surface area contributed by atoms with Gasteiger partial charge >= 0.3 is 0 Å². The van der Waals surface area contributed by atoms with Crippen LogP contribution in [0.25, 0.3) is 0 Å². The van der Waals surface area contributed by atoms with Crippen LogP contribution in [0.4, 0.5) is 0 Å². The van der Waals surface area contributed by atoms with Crippen LogP contribution in [0.5, 0.6) is 0 Å². The molecule has 1 heterocycles. The maximum Gasteiger partial charge on any atom is 0.0995 e. The maximum atomic E-state index is 7.85. The molecule has 0 radical (unpaired) electrons. The van der Waals surface area contributed by atoms with Gasteiger partial charge in [0, 0.05) is 19.1 Å². The molecule has 0 spiro atoms. The number of amidine groups is 1. The van der Waals surface area contributed by atoms with E-state index in [0.717, 1.165) is 38.3 Å². The predicted molar refractivity (Wildman–Crippen MR) is 77.6 cm³/mol. The van der Waals surface area contributed by atoms with Gasteiger partial charge in [-0.25, -0.2) is 0 Å². The monoisotopic (exact) mass is 261 g/mol. The number of benzene rings is 1. The van der Waals surface area contributed by atoms with Crippen LogP contribution in [0.15, 0.2) is 30.3 Å². The molecule has 3 N–H and O–H groups in total. The molecular weight excluding hydrogens is 238 g/mol. The van der Waals surface area contributed by atoms with Crippen molar-refractivity contribution in [1.82, 2.24) is 4.90 Å². The Bertz CT molecular complexity index is 407. The maximum absolute atomic E-state index is 7.85. The van der Waals surface area contributed by atoms with Crippen molar-refractivity contribution in [3.63, 3.8) is 0 Å². The van der Waals surface area contributed by atoms with Crippen molar-refractivity contribution in [3.8, 4) is 0 Å². The second kappa shape index (κ2) is 6.68. The molecule has 0 bridgehead atoms. The molecule has 0 aromatic heterocycles. The smallest absolute Gasteiger partial charge is 0.0995 e. The van der Waals surface area contributed by atoms with Crippen molar-refractivity contribution in [2.24, 2.45) is 5.73 Å². The third kappa shape index (κ3) is 3.55. The summed E-state index contributed by atoms with van der Waals surface area (Å²) in [5.74, 6) is 0.223.